The molecule has 0 saturated carbocycles. The molecule has 0 aromatic rings. The summed E-state index contributed by atoms with van der Waals surface area (Å²) in [7, 11) is 0. The summed E-state index contributed by atoms with van der Waals surface area (Å²) < 4.78 is 5.93. The first kappa shape index (κ1) is 12.2. The van der Waals surface area contributed by atoms with Gasteiger partial charge in [-0.15, -0.1) is 0 Å². The van der Waals surface area contributed by atoms with E-state index in [9.17, 15) is 0 Å². The van der Waals surface area contributed by atoms with Crippen LogP contribution in [0, 0.1) is 11.8 Å². The fraction of sp³-hybridized carbons (Fsp3) is 0.800. The number of hydrogen-bond acceptors (Lipinski definition) is 3. The van der Waals surface area contributed by atoms with Gasteiger partial charge in [-0.05, 0) is 44.3 Å². The molecule has 0 aromatic carbocycles. The Bertz CT molecular complexity index is 354. The number of ether oxygens (including phenoxy) is 1. The predicted molar refractivity (Wildman–Crippen MR) is 73.9 cm³/mol. The average Bonchev–Trinajstić information content (AvgIpc) is 2.89. The van der Waals surface area contributed by atoms with Crippen LogP contribution in [0.15, 0.2) is 16.8 Å². The largest absolute Gasteiger partial charge is 0.492 e. The molecule has 3 saturated heterocycles. The Balaban J connectivity index is 1.63. The van der Waals surface area contributed by atoms with Crippen molar-refractivity contribution in [2.24, 2.45) is 16.8 Å². The molecule has 0 radical (unpaired) electrons. The molecule has 4 aliphatic heterocycles. The van der Waals surface area contributed by atoms with Gasteiger partial charge in [-0.25, -0.2) is 0 Å². The van der Waals surface area contributed by atoms with E-state index < -0.39 is 0 Å². The fourth-order valence-electron chi connectivity index (χ4n) is 3.44. The summed E-state index contributed by atoms with van der Waals surface area (Å²) in [5.41, 5.74) is 1.28. The van der Waals surface area contributed by atoms with E-state index in [-0.39, 0.29) is 0 Å². The first-order valence-electron chi connectivity index (χ1n) is 7.48. The van der Waals surface area contributed by atoms with E-state index in [0.29, 0.717) is 5.92 Å². The van der Waals surface area contributed by atoms with Crippen LogP contribution in [0.4, 0.5) is 0 Å². The normalized spacial score (nSPS) is 34.4. The first-order chi connectivity index (χ1) is 8.88. The molecule has 0 amide bonds. The van der Waals surface area contributed by atoms with E-state index in [2.05, 4.69) is 17.9 Å². The smallest absolute Gasteiger partial charge is 0.138 e. The highest BCUT2D eigenvalue weighted by atomic mass is 16.5. The Kier molecular flexibility index (Phi) is 3.69. The van der Waals surface area contributed by atoms with E-state index in [1.54, 1.807) is 0 Å². The van der Waals surface area contributed by atoms with Crippen LogP contribution < -0.4 is 0 Å². The number of hydrogen-bond donors (Lipinski definition) is 0. The van der Waals surface area contributed by atoms with Crippen LogP contribution in [-0.4, -0.2) is 43.4 Å². The predicted octanol–water partition coefficient (Wildman–Crippen LogP) is 2.48. The number of allylic oxidation sites excluding steroid dienone is 1. The van der Waals surface area contributed by atoms with Gasteiger partial charge in [0.25, 0.3) is 0 Å². The molecule has 100 valence electrons. The van der Waals surface area contributed by atoms with Gasteiger partial charge in [0, 0.05) is 12.5 Å². The van der Waals surface area contributed by atoms with Gasteiger partial charge in [0.1, 0.15) is 5.76 Å². The number of aliphatic imine (C=N–C) groups is 1. The summed E-state index contributed by atoms with van der Waals surface area (Å²) in [5.74, 6) is 2.59. The van der Waals surface area contributed by atoms with Crippen molar-refractivity contribution in [3.05, 3.63) is 11.8 Å². The van der Waals surface area contributed by atoms with Gasteiger partial charge in [0.2, 0.25) is 0 Å². The maximum Gasteiger partial charge on any atom is 0.138 e. The zero-order valence-electron chi connectivity index (χ0n) is 11.4. The first-order valence-corrected chi connectivity index (χ1v) is 7.48. The van der Waals surface area contributed by atoms with Crippen LogP contribution in [0.3, 0.4) is 0 Å². The summed E-state index contributed by atoms with van der Waals surface area (Å²) in [6.07, 6.45) is 7.21. The lowest BCUT2D eigenvalue weighted by molar-refractivity contribution is 0.0801. The van der Waals surface area contributed by atoms with Crippen molar-refractivity contribution in [1.82, 2.24) is 4.90 Å². The molecule has 3 heteroatoms. The molecule has 4 aliphatic rings. The molecule has 4 heterocycles. The lowest BCUT2D eigenvalue weighted by Crippen LogP contribution is -2.50. The molecular formula is C15H24N2O. The number of unbranched alkanes of at least 4 members (excludes halogenated alkanes) is 1. The van der Waals surface area contributed by atoms with Crippen molar-refractivity contribution in [3.8, 4) is 0 Å². The van der Waals surface area contributed by atoms with E-state index in [1.165, 1.54) is 44.6 Å². The minimum absolute atomic E-state index is 0.642. The van der Waals surface area contributed by atoms with Crippen molar-refractivity contribution < 1.29 is 4.74 Å². The topological polar surface area (TPSA) is 24.8 Å². The van der Waals surface area contributed by atoms with Crippen LogP contribution >= 0.6 is 0 Å². The molecule has 1 unspecified atom stereocenters. The summed E-state index contributed by atoms with van der Waals surface area (Å²) in [4.78, 5) is 7.30. The van der Waals surface area contributed by atoms with Crippen molar-refractivity contribution in [1.29, 1.82) is 0 Å². The van der Waals surface area contributed by atoms with Crippen molar-refractivity contribution in [3.63, 3.8) is 0 Å². The standard InChI is InChI=1S/C15H24N2O/c1-2-3-10-18-14-4-7-16-15(14)13-11-17-8-5-12(13)6-9-17/h4,12-13H,2-3,5-11H2,1H3. The molecule has 2 bridgehead atoms. The quantitative estimate of drug-likeness (QED) is 0.698. The van der Waals surface area contributed by atoms with Crippen LogP contribution in [0.25, 0.3) is 0 Å². The summed E-state index contributed by atoms with van der Waals surface area (Å²) in [6.45, 7) is 7.68. The lowest BCUT2D eigenvalue weighted by atomic mass is 9.76. The highest BCUT2D eigenvalue weighted by Gasteiger charge is 2.38. The molecule has 0 aromatic heterocycles. The second-order valence-electron chi connectivity index (χ2n) is 5.74. The molecule has 4 rings (SSSR count). The third kappa shape index (κ3) is 2.33. The monoisotopic (exact) mass is 248 g/mol. The SMILES string of the molecule is CCCCOC1=CCN=C1C1CN2CCC1CC2. The maximum absolute atomic E-state index is 5.93. The van der Waals surface area contributed by atoms with E-state index in [4.69, 9.17) is 9.73 Å². The van der Waals surface area contributed by atoms with Crippen molar-refractivity contribution in [2.45, 2.75) is 32.6 Å². The molecular weight excluding hydrogens is 224 g/mol. The Hall–Kier alpha value is -0.830. The molecule has 3 fully saturated rings. The number of nitrogens with zero attached hydrogens (tertiary/aromatic N) is 2. The maximum atomic E-state index is 5.93. The Morgan fingerprint density at radius 1 is 1.39 bits per heavy atom. The Labute approximate surface area is 110 Å². The van der Waals surface area contributed by atoms with Gasteiger partial charge < -0.3 is 9.64 Å². The van der Waals surface area contributed by atoms with Crippen molar-refractivity contribution >= 4 is 5.71 Å². The van der Waals surface area contributed by atoms with E-state index >= 15 is 0 Å². The van der Waals surface area contributed by atoms with Crippen LogP contribution in [-0.2, 0) is 4.74 Å². The minimum atomic E-state index is 0.642. The molecule has 3 nitrogen and oxygen atoms in total. The molecule has 0 spiro atoms. The fourth-order valence-corrected chi connectivity index (χ4v) is 3.44. The lowest BCUT2D eigenvalue weighted by Gasteiger charge is -2.45. The van der Waals surface area contributed by atoms with Gasteiger partial charge in [-0.1, -0.05) is 13.3 Å². The highest BCUT2D eigenvalue weighted by Crippen LogP contribution is 2.35. The molecule has 18 heavy (non-hydrogen) atoms. The van der Waals surface area contributed by atoms with Crippen LogP contribution in [0.2, 0.25) is 0 Å². The summed E-state index contributed by atoms with van der Waals surface area (Å²) in [6, 6.07) is 0. The summed E-state index contributed by atoms with van der Waals surface area (Å²) >= 11 is 0. The summed E-state index contributed by atoms with van der Waals surface area (Å²) in [5, 5.41) is 0. The van der Waals surface area contributed by atoms with Gasteiger partial charge in [0.05, 0.1) is 18.9 Å². The molecule has 1 atom stereocenters. The van der Waals surface area contributed by atoms with Crippen LogP contribution in [0.1, 0.15) is 32.6 Å². The minimum Gasteiger partial charge on any atom is -0.492 e. The van der Waals surface area contributed by atoms with Crippen molar-refractivity contribution in [2.75, 3.05) is 32.8 Å². The average molecular weight is 248 g/mol. The zero-order valence-corrected chi connectivity index (χ0v) is 11.4. The number of piperidine rings is 3. The Morgan fingerprint density at radius 3 is 2.89 bits per heavy atom. The van der Waals surface area contributed by atoms with Crippen LogP contribution in [0.5, 0.6) is 0 Å². The number of rotatable bonds is 5. The molecule has 0 aliphatic carbocycles. The Morgan fingerprint density at radius 2 is 2.22 bits per heavy atom. The third-order valence-corrected chi connectivity index (χ3v) is 4.55. The van der Waals surface area contributed by atoms with Gasteiger partial charge >= 0.3 is 0 Å². The van der Waals surface area contributed by atoms with E-state index in [1.807, 2.05) is 0 Å². The van der Waals surface area contributed by atoms with Gasteiger partial charge in [-0.2, -0.15) is 0 Å². The third-order valence-electron chi connectivity index (χ3n) is 4.55. The second kappa shape index (κ2) is 5.43. The number of fused-ring (bicyclic) bond motifs is 3. The van der Waals surface area contributed by atoms with E-state index in [0.717, 1.165) is 31.2 Å². The van der Waals surface area contributed by atoms with Gasteiger partial charge in [-0.3, -0.25) is 4.99 Å². The highest BCUT2D eigenvalue weighted by molar-refractivity contribution is 6.02. The molecule has 0 N–H and O–H groups in total. The second-order valence-corrected chi connectivity index (χ2v) is 5.74. The van der Waals surface area contributed by atoms with Gasteiger partial charge in [0.15, 0.2) is 0 Å². The zero-order chi connectivity index (χ0) is 12.4.